The maximum atomic E-state index is 11.0. The highest BCUT2D eigenvalue weighted by Gasteiger charge is 2.14. The van der Waals surface area contributed by atoms with Crippen LogP contribution in [0.15, 0.2) is 12.2 Å². The van der Waals surface area contributed by atoms with E-state index in [1.54, 1.807) is 6.08 Å². The topological polar surface area (TPSA) is 17.1 Å². The van der Waals surface area contributed by atoms with Crippen LogP contribution in [0.3, 0.4) is 0 Å². The maximum Gasteiger partial charge on any atom is 0.155 e. The van der Waals surface area contributed by atoms with Crippen molar-refractivity contribution in [2.45, 2.75) is 47.0 Å². The van der Waals surface area contributed by atoms with Crippen molar-refractivity contribution in [3.63, 3.8) is 0 Å². The first-order chi connectivity index (χ1) is 5.58. The molecule has 1 nitrogen and oxygen atoms in total. The number of hydrogen-bond acceptors (Lipinski definition) is 1. The van der Waals surface area contributed by atoms with Gasteiger partial charge in [-0.2, -0.15) is 0 Å². The summed E-state index contributed by atoms with van der Waals surface area (Å²) in [5, 5.41) is 0. The zero-order valence-corrected chi connectivity index (χ0v) is 8.68. The fourth-order valence-corrected chi connectivity index (χ4v) is 0.898. The summed E-state index contributed by atoms with van der Waals surface area (Å²) in [5.41, 5.74) is 0.213. The van der Waals surface area contributed by atoms with Crippen molar-refractivity contribution < 1.29 is 4.79 Å². The molecular formula is C11H20O. The standard InChI is InChI=1S/C11H20O/c1-5-10(12)8-9-11(4,6-2)7-3/h8-9H,5-7H2,1-4H3. The van der Waals surface area contributed by atoms with Crippen LogP contribution in [0.5, 0.6) is 0 Å². The molecule has 0 atom stereocenters. The SMILES string of the molecule is CCC(=O)C=CC(C)(CC)CC. The van der Waals surface area contributed by atoms with Crippen LogP contribution in [0.4, 0.5) is 0 Å². The molecule has 0 rings (SSSR count). The summed E-state index contributed by atoms with van der Waals surface area (Å²) < 4.78 is 0. The summed E-state index contributed by atoms with van der Waals surface area (Å²) in [4.78, 5) is 11.0. The Bertz CT molecular complexity index is 164. The normalized spacial score (nSPS) is 12.3. The van der Waals surface area contributed by atoms with Crippen molar-refractivity contribution in [3.8, 4) is 0 Å². The lowest BCUT2D eigenvalue weighted by Gasteiger charge is -2.21. The van der Waals surface area contributed by atoms with Crippen LogP contribution < -0.4 is 0 Å². The number of rotatable bonds is 5. The van der Waals surface area contributed by atoms with Gasteiger partial charge < -0.3 is 0 Å². The highest BCUT2D eigenvalue weighted by molar-refractivity contribution is 5.89. The van der Waals surface area contributed by atoms with E-state index in [2.05, 4.69) is 26.8 Å². The van der Waals surface area contributed by atoms with Gasteiger partial charge in [0.25, 0.3) is 0 Å². The Morgan fingerprint density at radius 3 is 2.08 bits per heavy atom. The Labute approximate surface area is 75.9 Å². The predicted octanol–water partition coefficient (Wildman–Crippen LogP) is 3.35. The third-order valence-electron chi connectivity index (χ3n) is 2.64. The molecule has 0 heterocycles. The lowest BCUT2D eigenvalue weighted by molar-refractivity contribution is -0.114. The Hall–Kier alpha value is -0.590. The van der Waals surface area contributed by atoms with Gasteiger partial charge in [0.1, 0.15) is 0 Å². The summed E-state index contributed by atoms with van der Waals surface area (Å²) in [6.07, 6.45) is 6.58. The van der Waals surface area contributed by atoms with E-state index < -0.39 is 0 Å². The van der Waals surface area contributed by atoms with E-state index in [-0.39, 0.29) is 11.2 Å². The minimum atomic E-state index is 0.213. The predicted molar refractivity (Wildman–Crippen MR) is 53.1 cm³/mol. The summed E-state index contributed by atoms with van der Waals surface area (Å²) in [5.74, 6) is 0.225. The highest BCUT2D eigenvalue weighted by Crippen LogP contribution is 2.26. The first-order valence-corrected chi connectivity index (χ1v) is 4.80. The van der Waals surface area contributed by atoms with Crippen molar-refractivity contribution in [2.75, 3.05) is 0 Å². The van der Waals surface area contributed by atoms with E-state index >= 15 is 0 Å². The van der Waals surface area contributed by atoms with Crippen LogP contribution in [0.25, 0.3) is 0 Å². The van der Waals surface area contributed by atoms with Crippen molar-refractivity contribution in [3.05, 3.63) is 12.2 Å². The van der Waals surface area contributed by atoms with Gasteiger partial charge in [-0.25, -0.2) is 0 Å². The van der Waals surface area contributed by atoms with Gasteiger partial charge in [-0.05, 0) is 24.3 Å². The Balaban J connectivity index is 4.19. The molecule has 12 heavy (non-hydrogen) atoms. The quantitative estimate of drug-likeness (QED) is 0.575. The van der Waals surface area contributed by atoms with Crippen LogP contribution in [0.2, 0.25) is 0 Å². The molecule has 0 aromatic carbocycles. The molecular weight excluding hydrogens is 148 g/mol. The lowest BCUT2D eigenvalue weighted by atomic mass is 9.84. The summed E-state index contributed by atoms with van der Waals surface area (Å²) in [7, 11) is 0. The number of hydrogen-bond donors (Lipinski definition) is 0. The molecule has 0 radical (unpaired) electrons. The van der Waals surface area contributed by atoms with Crippen LogP contribution in [0, 0.1) is 5.41 Å². The molecule has 0 bridgehead atoms. The molecule has 0 N–H and O–H groups in total. The maximum absolute atomic E-state index is 11.0. The largest absolute Gasteiger partial charge is 0.295 e. The van der Waals surface area contributed by atoms with Crippen molar-refractivity contribution in [1.82, 2.24) is 0 Å². The number of allylic oxidation sites excluding steroid dienone is 2. The van der Waals surface area contributed by atoms with Crippen LogP contribution >= 0.6 is 0 Å². The molecule has 0 aromatic heterocycles. The zero-order chi connectivity index (χ0) is 9.61. The van der Waals surface area contributed by atoms with Crippen LogP contribution in [-0.4, -0.2) is 5.78 Å². The van der Waals surface area contributed by atoms with Crippen molar-refractivity contribution in [1.29, 1.82) is 0 Å². The van der Waals surface area contributed by atoms with Gasteiger partial charge >= 0.3 is 0 Å². The molecule has 0 saturated heterocycles. The monoisotopic (exact) mass is 168 g/mol. The molecule has 0 aliphatic carbocycles. The summed E-state index contributed by atoms with van der Waals surface area (Å²) in [6, 6.07) is 0. The second kappa shape index (κ2) is 5.13. The molecule has 70 valence electrons. The Morgan fingerprint density at radius 1 is 1.25 bits per heavy atom. The molecule has 0 saturated carbocycles. The van der Waals surface area contributed by atoms with E-state index in [1.807, 2.05) is 6.92 Å². The number of carbonyl (C=O) groups is 1. The van der Waals surface area contributed by atoms with Gasteiger partial charge in [0, 0.05) is 6.42 Å². The first kappa shape index (κ1) is 11.4. The van der Waals surface area contributed by atoms with Gasteiger partial charge in [-0.3, -0.25) is 4.79 Å². The fraction of sp³-hybridized carbons (Fsp3) is 0.727. The average Bonchev–Trinajstić information content (AvgIpc) is 2.13. The van der Waals surface area contributed by atoms with E-state index in [9.17, 15) is 4.79 Å². The Kier molecular flexibility index (Phi) is 4.87. The Morgan fingerprint density at radius 2 is 1.75 bits per heavy atom. The number of ketones is 1. The average molecular weight is 168 g/mol. The van der Waals surface area contributed by atoms with Crippen LogP contribution in [0.1, 0.15) is 47.0 Å². The molecule has 0 fully saturated rings. The van der Waals surface area contributed by atoms with E-state index in [0.717, 1.165) is 12.8 Å². The van der Waals surface area contributed by atoms with Crippen molar-refractivity contribution >= 4 is 5.78 Å². The first-order valence-electron chi connectivity index (χ1n) is 4.80. The fourth-order valence-electron chi connectivity index (χ4n) is 0.898. The molecule has 0 aromatic rings. The minimum absolute atomic E-state index is 0.213. The van der Waals surface area contributed by atoms with Gasteiger partial charge in [0.2, 0.25) is 0 Å². The van der Waals surface area contributed by atoms with Crippen LogP contribution in [-0.2, 0) is 4.79 Å². The second-order valence-corrected chi connectivity index (χ2v) is 3.51. The molecule has 0 aliphatic heterocycles. The third kappa shape index (κ3) is 3.70. The van der Waals surface area contributed by atoms with Gasteiger partial charge in [-0.1, -0.05) is 33.8 Å². The summed E-state index contributed by atoms with van der Waals surface area (Å²) >= 11 is 0. The zero-order valence-electron chi connectivity index (χ0n) is 8.68. The minimum Gasteiger partial charge on any atom is -0.295 e. The second-order valence-electron chi connectivity index (χ2n) is 3.51. The van der Waals surface area contributed by atoms with E-state index in [0.29, 0.717) is 6.42 Å². The van der Waals surface area contributed by atoms with E-state index in [1.165, 1.54) is 0 Å². The molecule has 0 spiro atoms. The highest BCUT2D eigenvalue weighted by atomic mass is 16.1. The lowest BCUT2D eigenvalue weighted by Crippen LogP contribution is -2.10. The molecule has 1 heteroatoms. The smallest absolute Gasteiger partial charge is 0.155 e. The molecule has 0 aliphatic rings. The van der Waals surface area contributed by atoms with E-state index in [4.69, 9.17) is 0 Å². The third-order valence-corrected chi connectivity index (χ3v) is 2.64. The molecule has 0 unspecified atom stereocenters. The summed E-state index contributed by atoms with van der Waals surface area (Å²) in [6.45, 7) is 8.39. The van der Waals surface area contributed by atoms with Crippen molar-refractivity contribution in [2.24, 2.45) is 5.41 Å². The number of carbonyl (C=O) groups excluding carboxylic acids is 1. The van der Waals surface area contributed by atoms with Gasteiger partial charge in [0.15, 0.2) is 5.78 Å². The van der Waals surface area contributed by atoms with Gasteiger partial charge in [0.05, 0.1) is 0 Å². The van der Waals surface area contributed by atoms with Gasteiger partial charge in [-0.15, -0.1) is 0 Å². The molecule has 0 amide bonds.